The minimum atomic E-state index is -1.36. The predicted octanol–water partition coefficient (Wildman–Crippen LogP) is 4.64. The number of thiazole rings is 1. The Morgan fingerprint density at radius 2 is 2.10 bits per heavy atom. The maximum absolute atomic E-state index is 13.5. The van der Waals surface area contributed by atoms with Gasteiger partial charge in [-0.15, -0.1) is 0 Å². The first kappa shape index (κ1) is 21.2. The van der Waals surface area contributed by atoms with Gasteiger partial charge in [0.25, 0.3) is 0 Å². The fourth-order valence-electron chi connectivity index (χ4n) is 2.24. The standard InChI is InChI=1S/C18H16ClFN4O3S2/c1-21-29(26)13-5-3-4-11(8-13)24(2)18(25)23-17-22-10-16(28-17)27-12-6-7-14(19)15(20)9-12/h3-10,21H,1-2H3,(H,22,23,25). The molecular formula is C18H16ClFN4O3S2. The van der Waals surface area contributed by atoms with Gasteiger partial charge in [0.05, 0.1) is 16.1 Å². The number of anilines is 2. The lowest BCUT2D eigenvalue weighted by Crippen LogP contribution is -2.31. The second-order valence-corrected chi connectivity index (χ2v) is 8.44. The number of aromatic nitrogens is 1. The summed E-state index contributed by atoms with van der Waals surface area (Å²) < 4.78 is 33.5. The third kappa shape index (κ3) is 5.30. The molecule has 0 fully saturated rings. The van der Waals surface area contributed by atoms with Crippen LogP contribution in [-0.4, -0.2) is 29.3 Å². The number of nitrogens with zero attached hydrogens (tertiary/aromatic N) is 2. The summed E-state index contributed by atoms with van der Waals surface area (Å²) in [7, 11) is 1.81. The molecule has 0 radical (unpaired) electrons. The predicted molar refractivity (Wildman–Crippen MR) is 113 cm³/mol. The highest BCUT2D eigenvalue weighted by molar-refractivity contribution is 7.83. The first-order valence-electron chi connectivity index (χ1n) is 8.20. The fourth-order valence-corrected chi connectivity index (χ4v) is 3.70. The number of rotatable bonds is 6. The number of hydrogen-bond acceptors (Lipinski definition) is 5. The molecule has 2 amide bonds. The number of carbonyl (C=O) groups excluding carboxylic acids is 1. The van der Waals surface area contributed by atoms with E-state index < -0.39 is 22.8 Å². The van der Waals surface area contributed by atoms with E-state index in [-0.39, 0.29) is 10.8 Å². The molecule has 1 heterocycles. The van der Waals surface area contributed by atoms with Gasteiger partial charge in [0.1, 0.15) is 22.6 Å². The molecule has 11 heteroatoms. The Hall–Kier alpha value is -2.53. The number of nitrogens with one attached hydrogen (secondary N) is 2. The topological polar surface area (TPSA) is 83.6 Å². The van der Waals surface area contributed by atoms with Gasteiger partial charge in [0.2, 0.25) is 5.06 Å². The molecule has 0 aliphatic rings. The van der Waals surface area contributed by atoms with Crippen LogP contribution in [-0.2, 0) is 11.0 Å². The van der Waals surface area contributed by atoms with Gasteiger partial charge in [-0.05, 0) is 37.4 Å². The highest BCUT2D eigenvalue weighted by Gasteiger charge is 2.15. The molecule has 0 aliphatic heterocycles. The largest absolute Gasteiger partial charge is 0.445 e. The molecule has 3 rings (SSSR count). The van der Waals surface area contributed by atoms with Crippen LogP contribution in [0.2, 0.25) is 5.02 Å². The molecule has 1 unspecified atom stereocenters. The molecule has 152 valence electrons. The van der Waals surface area contributed by atoms with E-state index in [2.05, 4.69) is 15.0 Å². The van der Waals surface area contributed by atoms with Crippen molar-refractivity contribution < 1.29 is 18.1 Å². The zero-order chi connectivity index (χ0) is 21.0. The Labute approximate surface area is 178 Å². The normalized spacial score (nSPS) is 11.7. The number of benzene rings is 2. The number of carbonyl (C=O) groups is 1. The highest BCUT2D eigenvalue weighted by Crippen LogP contribution is 2.32. The molecule has 0 bridgehead atoms. The summed E-state index contributed by atoms with van der Waals surface area (Å²) >= 11 is 6.73. The van der Waals surface area contributed by atoms with E-state index >= 15 is 0 Å². The van der Waals surface area contributed by atoms with Crippen molar-refractivity contribution in [3.05, 3.63) is 59.5 Å². The third-order valence-corrected chi connectivity index (χ3v) is 5.87. The second-order valence-electron chi connectivity index (χ2n) is 5.62. The van der Waals surface area contributed by atoms with Crippen molar-refractivity contribution in [1.82, 2.24) is 9.71 Å². The van der Waals surface area contributed by atoms with Crippen molar-refractivity contribution in [2.75, 3.05) is 24.3 Å². The molecule has 0 saturated heterocycles. The van der Waals surface area contributed by atoms with Gasteiger partial charge in [-0.25, -0.2) is 23.1 Å². The van der Waals surface area contributed by atoms with Crippen LogP contribution in [0.3, 0.4) is 0 Å². The smallest absolute Gasteiger partial charge is 0.327 e. The molecule has 0 saturated carbocycles. The quantitative estimate of drug-likeness (QED) is 0.568. The summed E-state index contributed by atoms with van der Waals surface area (Å²) in [4.78, 5) is 18.5. The number of hydrogen-bond donors (Lipinski definition) is 2. The van der Waals surface area contributed by atoms with Crippen LogP contribution in [0.25, 0.3) is 0 Å². The van der Waals surface area contributed by atoms with Crippen molar-refractivity contribution in [3.8, 4) is 10.8 Å². The Kier molecular flexibility index (Phi) is 6.80. The van der Waals surface area contributed by atoms with Gasteiger partial charge in [0, 0.05) is 18.8 Å². The second kappa shape index (κ2) is 9.31. The van der Waals surface area contributed by atoms with Gasteiger partial charge in [-0.3, -0.25) is 10.2 Å². The zero-order valence-corrected chi connectivity index (χ0v) is 17.7. The average molecular weight is 455 g/mol. The lowest BCUT2D eigenvalue weighted by atomic mass is 10.3. The minimum Gasteiger partial charge on any atom is -0.445 e. The van der Waals surface area contributed by atoms with Crippen LogP contribution in [0.1, 0.15) is 0 Å². The average Bonchev–Trinajstić information content (AvgIpc) is 3.16. The van der Waals surface area contributed by atoms with Crippen LogP contribution in [0.4, 0.5) is 20.0 Å². The molecule has 29 heavy (non-hydrogen) atoms. The van der Waals surface area contributed by atoms with Gasteiger partial charge in [-0.1, -0.05) is 29.0 Å². The van der Waals surface area contributed by atoms with Crippen LogP contribution in [0, 0.1) is 5.82 Å². The van der Waals surface area contributed by atoms with E-state index in [0.717, 1.165) is 17.4 Å². The summed E-state index contributed by atoms with van der Waals surface area (Å²) in [5.41, 5.74) is 0.563. The summed E-state index contributed by atoms with van der Waals surface area (Å²) in [5.74, 6) is -0.329. The number of amides is 2. The SMILES string of the molecule is CNS(=O)c1cccc(N(C)C(=O)Nc2ncc(Oc3ccc(Cl)c(F)c3)s2)c1. The Balaban J connectivity index is 1.66. The summed E-state index contributed by atoms with van der Waals surface area (Å²) in [6, 6.07) is 10.4. The van der Waals surface area contributed by atoms with Crippen molar-refractivity contribution in [3.63, 3.8) is 0 Å². The highest BCUT2D eigenvalue weighted by atomic mass is 35.5. The van der Waals surface area contributed by atoms with Gasteiger partial charge >= 0.3 is 6.03 Å². The lowest BCUT2D eigenvalue weighted by Gasteiger charge is -2.17. The van der Waals surface area contributed by atoms with Crippen LogP contribution < -0.4 is 19.7 Å². The number of urea groups is 1. The summed E-state index contributed by atoms with van der Waals surface area (Å²) in [5, 5.41) is 3.34. The van der Waals surface area contributed by atoms with Crippen LogP contribution in [0.15, 0.2) is 53.6 Å². The summed E-state index contributed by atoms with van der Waals surface area (Å²) in [6.45, 7) is 0. The van der Waals surface area contributed by atoms with E-state index in [1.807, 2.05) is 0 Å². The van der Waals surface area contributed by atoms with E-state index in [9.17, 15) is 13.4 Å². The molecule has 1 aromatic heterocycles. The molecule has 2 N–H and O–H groups in total. The van der Waals surface area contributed by atoms with E-state index in [0.29, 0.717) is 20.8 Å². The monoisotopic (exact) mass is 454 g/mol. The maximum Gasteiger partial charge on any atom is 0.327 e. The molecule has 1 atom stereocenters. The Morgan fingerprint density at radius 1 is 1.31 bits per heavy atom. The molecule has 0 spiro atoms. The molecule has 3 aromatic rings. The zero-order valence-electron chi connectivity index (χ0n) is 15.3. The van der Waals surface area contributed by atoms with Crippen LogP contribution >= 0.6 is 22.9 Å². The maximum atomic E-state index is 13.5. The molecular weight excluding hydrogens is 439 g/mol. The molecule has 7 nitrogen and oxygen atoms in total. The van der Waals surface area contributed by atoms with Crippen molar-refractivity contribution in [2.45, 2.75) is 4.90 Å². The number of ether oxygens (including phenoxy) is 1. The van der Waals surface area contributed by atoms with Gasteiger partial charge < -0.3 is 4.74 Å². The number of halogens is 2. The fraction of sp³-hybridized carbons (Fsp3) is 0.111. The summed E-state index contributed by atoms with van der Waals surface area (Å²) in [6.07, 6.45) is 1.42. The Bertz CT molecular complexity index is 1060. The first-order valence-corrected chi connectivity index (χ1v) is 10.5. The van der Waals surface area contributed by atoms with E-state index in [4.69, 9.17) is 16.3 Å². The van der Waals surface area contributed by atoms with Gasteiger partial charge in [0.15, 0.2) is 5.13 Å². The van der Waals surface area contributed by atoms with Crippen molar-refractivity contribution >= 4 is 50.8 Å². The van der Waals surface area contributed by atoms with Gasteiger partial charge in [-0.2, -0.15) is 0 Å². The lowest BCUT2D eigenvalue weighted by molar-refractivity contribution is 0.258. The van der Waals surface area contributed by atoms with Crippen molar-refractivity contribution in [2.24, 2.45) is 0 Å². The molecule has 2 aromatic carbocycles. The minimum absolute atomic E-state index is 0.000245. The first-order chi connectivity index (χ1) is 13.9. The van der Waals surface area contributed by atoms with E-state index in [1.54, 1.807) is 38.4 Å². The van der Waals surface area contributed by atoms with E-state index in [1.165, 1.54) is 23.2 Å². The molecule has 0 aliphatic carbocycles. The Morgan fingerprint density at radius 3 is 2.83 bits per heavy atom. The third-order valence-electron chi connectivity index (χ3n) is 3.72. The van der Waals surface area contributed by atoms with Crippen molar-refractivity contribution in [1.29, 1.82) is 0 Å². The van der Waals surface area contributed by atoms with Crippen LogP contribution in [0.5, 0.6) is 10.8 Å².